The molecule has 0 unspecified atom stereocenters. The number of aromatic nitrogens is 2. The highest BCUT2D eigenvalue weighted by molar-refractivity contribution is 7.09. The van der Waals surface area contributed by atoms with Crippen molar-refractivity contribution in [2.75, 3.05) is 12.4 Å². The van der Waals surface area contributed by atoms with Crippen molar-refractivity contribution in [1.82, 2.24) is 9.97 Å². The van der Waals surface area contributed by atoms with Gasteiger partial charge in [0.1, 0.15) is 5.01 Å². The molecule has 2 rings (SSSR count). The highest BCUT2D eigenvalue weighted by Gasteiger charge is 2.24. The minimum absolute atomic E-state index is 0.241. The molecule has 0 saturated heterocycles. The fraction of sp³-hybridized carbons (Fsp3) is 0.385. The molecular formula is C13H17N3OS. The highest BCUT2D eigenvalue weighted by Crippen LogP contribution is 2.32. The molecule has 0 bridgehead atoms. The number of aryl methyl sites for hydroxylation is 1. The average Bonchev–Trinajstić information content (AvgIpc) is 2.83. The minimum Gasteiger partial charge on any atom is -0.493 e. The first kappa shape index (κ1) is 12.8. The second-order valence-corrected chi connectivity index (χ2v) is 5.51. The molecular weight excluding hydrogens is 246 g/mol. The topological polar surface area (TPSA) is 47.0 Å². The van der Waals surface area contributed by atoms with Crippen LogP contribution in [-0.2, 0) is 5.54 Å². The lowest BCUT2D eigenvalue weighted by atomic mass is 10.1. The van der Waals surface area contributed by atoms with Gasteiger partial charge in [0, 0.05) is 17.3 Å². The van der Waals surface area contributed by atoms with E-state index in [-0.39, 0.29) is 5.54 Å². The molecule has 0 radical (unpaired) electrons. The molecule has 5 heteroatoms. The minimum atomic E-state index is -0.241. The summed E-state index contributed by atoms with van der Waals surface area (Å²) < 4.78 is 5.32. The molecule has 2 aromatic rings. The molecule has 2 heterocycles. The van der Waals surface area contributed by atoms with Crippen LogP contribution in [0.1, 0.15) is 24.5 Å². The molecule has 4 nitrogen and oxygen atoms in total. The molecule has 1 N–H and O–H groups in total. The van der Waals surface area contributed by atoms with E-state index in [4.69, 9.17) is 4.74 Å². The average molecular weight is 263 g/mol. The monoisotopic (exact) mass is 263 g/mol. The predicted molar refractivity (Wildman–Crippen MR) is 74.3 cm³/mol. The Kier molecular flexibility index (Phi) is 3.52. The maximum atomic E-state index is 5.32. The van der Waals surface area contributed by atoms with E-state index < -0.39 is 0 Å². The van der Waals surface area contributed by atoms with Crippen molar-refractivity contribution in [1.29, 1.82) is 0 Å². The Labute approximate surface area is 111 Å². The molecule has 0 aromatic carbocycles. The van der Waals surface area contributed by atoms with E-state index in [0.29, 0.717) is 0 Å². The first-order valence-electron chi connectivity index (χ1n) is 5.72. The summed E-state index contributed by atoms with van der Waals surface area (Å²) in [5, 5.41) is 6.48. The zero-order valence-electron chi connectivity index (χ0n) is 11.0. The summed E-state index contributed by atoms with van der Waals surface area (Å²) in [6.45, 7) is 6.16. The lowest BCUT2D eigenvalue weighted by molar-refractivity contribution is 0.412. The molecule has 2 aromatic heterocycles. The standard InChI is InChI=1S/C13H17N3OS/c1-9-7-10(11(17-4)8-15-9)16-13(2,3)12-14-5-6-18-12/h5-8H,1-4H3,(H,15,16). The van der Waals surface area contributed by atoms with E-state index in [1.54, 1.807) is 24.6 Å². The van der Waals surface area contributed by atoms with Crippen LogP contribution in [-0.4, -0.2) is 17.1 Å². The lowest BCUT2D eigenvalue weighted by Gasteiger charge is -2.26. The van der Waals surface area contributed by atoms with Gasteiger partial charge in [0.25, 0.3) is 0 Å². The Bertz CT molecular complexity index is 523. The number of nitrogens with zero attached hydrogens (tertiary/aromatic N) is 2. The molecule has 0 atom stereocenters. The van der Waals surface area contributed by atoms with E-state index in [0.717, 1.165) is 22.1 Å². The van der Waals surface area contributed by atoms with Crippen molar-refractivity contribution < 1.29 is 4.74 Å². The Morgan fingerprint density at radius 1 is 1.33 bits per heavy atom. The third-order valence-corrected chi connectivity index (χ3v) is 3.73. The number of rotatable bonds is 4. The Hall–Kier alpha value is -1.62. The Morgan fingerprint density at radius 3 is 2.72 bits per heavy atom. The first-order valence-corrected chi connectivity index (χ1v) is 6.59. The molecule has 0 saturated carbocycles. The maximum absolute atomic E-state index is 5.32. The number of thiazole rings is 1. The normalized spacial score (nSPS) is 11.3. The smallest absolute Gasteiger partial charge is 0.160 e. The molecule has 0 spiro atoms. The van der Waals surface area contributed by atoms with Gasteiger partial charge in [0.15, 0.2) is 5.75 Å². The molecule has 0 fully saturated rings. The van der Waals surface area contributed by atoms with Crippen LogP contribution in [0.2, 0.25) is 0 Å². The zero-order valence-corrected chi connectivity index (χ0v) is 11.8. The van der Waals surface area contributed by atoms with Crippen molar-refractivity contribution >= 4 is 17.0 Å². The van der Waals surface area contributed by atoms with Crippen LogP contribution in [0.15, 0.2) is 23.8 Å². The third kappa shape index (κ3) is 2.61. The second kappa shape index (κ2) is 4.94. The van der Waals surface area contributed by atoms with Gasteiger partial charge in [0.05, 0.1) is 24.5 Å². The van der Waals surface area contributed by atoms with Crippen LogP contribution in [0.25, 0.3) is 0 Å². The van der Waals surface area contributed by atoms with Gasteiger partial charge in [-0.1, -0.05) is 0 Å². The predicted octanol–water partition coefficient (Wildman–Crippen LogP) is 3.20. The van der Waals surface area contributed by atoms with Gasteiger partial charge in [-0.05, 0) is 26.8 Å². The number of hydrogen-bond acceptors (Lipinski definition) is 5. The second-order valence-electron chi connectivity index (χ2n) is 4.61. The van der Waals surface area contributed by atoms with Gasteiger partial charge in [-0.3, -0.25) is 4.98 Å². The Morgan fingerprint density at radius 2 is 2.11 bits per heavy atom. The van der Waals surface area contributed by atoms with E-state index in [2.05, 4.69) is 29.1 Å². The van der Waals surface area contributed by atoms with Crippen LogP contribution in [0.5, 0.6) is 5.75 Å². The number of hydrogen-bond donors (Lipinski definition) is 1. The lowest BCUT2D eigenvalue weighted by Crippen LogP contribution is -2.28. The van der Waals surface area contributed by atoms with Crippen molar-refractivity contribution in [3.05, 3.63) is 34.5 Å². The third-order valence-electron chi connectivity index (χ3n) is 2.64. The SMILES string of the molecule is COc1cnc(C)cc1NC(C)(C)c1nccs1. The quantitative estimate of drug-likeness (QED) is 0.920. The van der Waals surface area contributed by atoms with Crippen molar-refractivity contribution in [2.24, 2.45) is 0 Å². The van der Waals surface area contributed by atoms with Gasteiger partial charge < -0.3 is 10.1 Å². The van der Waals surface area contributed by atoms with Gasteiger partial charge in [0.2, 0.25) is 0 Å². The van der Waals surface area contributed by atoms with Crippen LogP contribution >= 0.6 is 11.3 Å². The molecule has 0 aliphatic rings. The van der Waals surface area contributed by atoms with Crippen LogP contribution < -0.4 is 10.1 Å². The van der Waals surface area contributed by atoms with Gasteiger partial charge in [-0.15, -0.1) is 11.3 Å². The summed E-state index contributed by atoms with van der Waals surface area (Å²) in [4.78, 5) is 8.59. The summed E-state index contributed by atoms with van der Waals surface area (Å²) in [5.41, 5.74) is 1.65. The Balaban J connectivity index is 2.31. The summed E-state index contributed by atoms with van der Waals surface area (Å²) in [5.74, 6) is 0.741. The van der Waals surface area contributed by atoms with Gasteiger partial charge in [-0.25, -0.2) is 4.98 Å². The zero-order chi connectivity index (χ0) is 13.2. The largest absolute Gasteiger partial charge is 0.493 e. The van der Waals surface area contributed by atoms with Crippen LogP contribution in [0.3, 0.4) is 0 Å². The van der Waals surface area contributed by atoms with Crippen molar-refractivity contribution in [3.63, 3.8) is 0 Å². The summed E-state index contributed by atoms with van der Waals surface area (Å²) in [7, 11) is 1.65. The van der Waals surface area contributed by atoms with Gasteiger partial charge in [-0.2, -0.15) is 0 Å². The summed E-state index contributed by atoms with van der Waals surface area (Å²) in [6, 6.07) is 1.98. The highest BCUT2D eigenvalue weighted by atomic mass is 32.1. The van der Waals surface area contributed by atoms with Crippen molar-refractivity contribution in [2.45, 2.75) is 26.3 Å². The van der Waals surface area contributed by atoms with E-state index in [1.807, 2.05) is 24.6 Å². The molecule has 0 aliphatic carbocycles. The van der Waals surface area contributed by atoms with Crippen LogP contribution in [0, 0.1) is 6.92 Å². The number of pyridine rings is 1. The maximum Gasteiger partial charge on any atom is 0.160 e. The summed E-state index contributed by atoms with van der Waals surface area (Å²) >= 11 is 1.64. The summed E-state index contributed by atoms with van der Waals surface area (Å²) in [6.07, 6.45) is 3.55. The van der Waals surface area contributed by atoms with E-state index in [1.165, 1.54) is 0 Å². The van der Waals surface area contributed by atoms with Gasteiger partial charge >= 0.3 is 0 Å². The number of anilines is 1. The first-order chi connectivity index (χ1) is 8.53. The van der Waals surface area contributed by atoms with Crippen molar-refractivity contribution in [3.8, 4) is 5.75 Å². The molecule has 18 heavy (non-hydrogen) atoms. The fourth-order valence-electron chi connectivity index (χ4n) is 1.73. The fourth-order valence-corrected chi connectivity index (χ4v) is 2.45. The number of ether oxygens (including phenoxy) is 1. The molecule has 0 amide bonds. The molecule has 96 valence electrons. The molecule has 0 aliphatic heterocycles. The van der Waals surface area contributed by atoms with Crippen LogP contribution in [0.4, 0.5) is 5.69 Å². The van der Waals surface area contributed by atoms with E-state index in [9.17, 15) is 0 Å². The number of nitrogens with one attached hydrogen (secondary N) is 1. The van der Waals surface area contributed by atoms with E-state index >= 15 is 0 Å². The number of methoxy groups -OCH3 is 1.